The van der Waals surface area contributed by atoms with Crippen LogP contribution in [0.25, 0.3) is 16.7 Å². The second-order valence-electron chi connectivity index (χ2n) is 10.4. The second kappa shape index (κ2) is 12.4. The lowest BCUT2D eigenvalue weighted by molar-refractivity contribution is -0.124. The van der Waals surface area contributed by atoms with Gasteiger partial charge in [0, 0.05) is 42.7 Å². The maximum absolute atomic E-state index is 14.2. The van der Waals surface area contributed by atoms with Gasteiger partial charge >= 0.3 is 11.9 Å². The molecule has 1 N–H and O–H groups in total. The third-order valence-corrected chi connectivity index (χ3v) is 8.92. The lowest BCUT2D eigenvalue weighted by Crippen LogP contribution is -2.47. The number of hydrogen-bond donors (Lipinski definition) is 1. The van der Waals surface area contributed by atoms with Crippen molar-refractivity contribution < 1.29 is 35.2 Å². The molecule has 1 fully saturated rings. The number of nitrogens with one attached hydrogen (secondary N) is 1. The number of benzene rings is 1. The second-order valence-corrected chi connectivity index (χ2v) is 12.2. The first kappa shape index (κ1) is 32.7. The van der Waals surface area contributed by atoms with Crippen LogP contribution in [0.5, 0.6) is 0 Å². The highest BCUT2D eigenvalue weighted by molar-refractivity contribution is 7.89. The van der Waals surface area contributed by atoms with E-state index in [1.54, 1.807) is 13.8 Å². The van der Waals surface area contributed by atoms with Gasteiger partial charge in [-0.2, -0.15) is 17.5 Å². The molecule has 3 heterocycles. The summed E-state index contributed by atoms with van der Waals surface area (Å²) in [6, 6.07) is 3.17. The highest BCUT2D eigenvalue weighted by Gasteiger charge is 2.41. The van der Waals surface area contributed by atoms with Gasteiger partial charge in [0.2, 0.25) is 11.0 Å². The van der Waals surface area contributed by atoms with Crippen LogP contribution in [-0.4, -0.2) is 46.5 Å². The molecular weight excluding hydrogens is 608 g/mol. The monoisotopic (exact) mass is 638 g/mol. The van der Waals surface area contributed by atoms with Gasteiger partial charge in [-0.25, -0.2) is 17.6 Å². The molecule has 0 unspecified atom stereocenters. The minimum Gasteiger partial charge on any atom is -0.443 e. The van der Waals surface area contributed by atoms with Crippen LogP contribution in [0.3, 0.4) is 0 Å². The average Bonchev–Trinajstić information content (AvgIpc) is 3.62. The predicted molar refractivity (Wildman–Crippen MR) is 155 cm³/mol. The zero-order chi connectivity index (χ0) is 32.6. The van der Waals surface area contributed by atoms with Crippen molar-refractivity contribution >= 4 is 32.6 Å². The molecule has 1 aromatic carbocycles. The van der Waals surface area contributed by atoms with Crippen molar-refractivity contribution in [2.45, 2.75) is 63.5 Å². The number of sulfonamides is 1. The van der Waals surface area contributed by atoms with Gasteiger partial charge in [0.1, 0.15) is 17.4 Å². The standard InChI is InChI=1S/C29H30F4N4O6S/c1-5-20(12-11-18(4)29(31,32)33)35-16-19(27(39)37(17(2)3)28(35)40)15-34-26(38)23-9-7-13-36(23)44(41,42)25-14-21-22(30)8-6-10-24(21)43-25/h5-6,8,10-12,14,16-17,23H,1,7,9,13,15H2,2-4H3,(H,34,38)/b18-11+,20-12+/t23-/m0/s1. The minimum absolute atomic E-state index is 0.0106. The summed E-state index contributed by atoms with van der Waals surface area (Å²) in [6.07, 6.45) is -0.0629. The van der Waals surface area contributed by atoms with Crippen molar-refractivity contribution in [1.29, 1.82) is 0 Å². The summed E-state index contributed by atoms with van der Waals surface area (Å²) in [7, 11) is -4.35. The molecule has 2 aromatic heterocycles. The number of nitrogens with zero attached hydrogens (tertiary/aromatic N) is 3. The smallest absolute Gasteiger partial charge is 0.412 e. The summed E-state index contributed by atoms with van der Waals surface area (Å²) in [5.41, 5.74) is -2.63. The number of carbonyl (C=O) groups is 1. The van der Waals surface area contributed by atoms with E-state index in [0.29, 0.717) is 6.42 Å². The quantitative estimate of drug-likeness (QED) is 0.272. The number of hydrogen-bond acceptors (Lipinski definition) is 6. The van der Waals surface area contributed by atoms with E-state index in [1.807, 2.05) is 0 Å². The van der Waals surface area contributed by atoms with E-state index in [9.17, 15) is 40.4 Å². The van der Waals surface area contributed by atoms with Crippen molar-refractivity contribution in [3.8, 4) is 0 Å². The van der Waals surface area contributed by atoms with Gasteiger partial charge in [0.15, 0.2) is 0 Å². The van der Waals surface area contributed by atoms with E-state index in [1.165, 1.54) is 12.1 Å². The molecule has 1 atom stereocenters. The summed E-state index contributed by atoms with van der Waals surface area (Å²) >= 11 is 0. The summed E-state index contributed by atoms with van der Waals surface area (Å²) < 4.78 is 88.1. The maximum atomic E-state index is 14.2. The Kier molecular flexibility index (Phi) is 9.21. The SMILES string of the molecule is C=C/C(=C\C=C(/C)C(F)(F)F)n1cc(CNC(=O)[C@@H]2CCCN2S(=O)(=O)c2cc3c(F)cccc3o2)c(=O)n(C(C)C)c1=O. The van der Waals surface area contributed by atoms with Crippen LogP contribution >= 0.6 is 0 Å². The van der Waals surface area contributed by atoms with E-state index < -0.39 is 68.5 Å². The number of alkyl halides is 3. The van der Waals surface area contributed by atoms with Crippen LogP contribution in [-0.2, 0) is 21.4 Å². The highest BCUT2D eigenvalue weighted by Crippen LogP contribution is 2.31. The number of rotatable bonds is 9. The number of fused-ring (bicyclic) bond motifs is 1. The normalized spacial score (nSPS) is 17.0. The van der Waals surface area contributed by atoms with Crippen LogP contribution < -0.4 is 16.6 Å². The van der Waals surface area contributed by atoms with E-state index in [-0.39, 0.29) is 35.2 Å². The van der Waals surface area contributed by atoms with Gasteiger partial charge in [0.25, 0.3) is 15.6 Å². The molecule has 1 amide bonds. The van der Waals surface area contributed by atoms with Crippen LogP contribution in [0.4, 0.5) is 17.6 Å². The molecule has 1 saturated heterocycles. The molecule has 44 heavy (non-hydrogen) atoms. The van der Waals surface area contributed by atoms with E-state index in [2.05, 4.69) is 11.9 Å². The fourth-order valence-corrected chi connectivity index (χ4v) is 6.37. The lowest BCUT2D eigenvalue weighted by atomic mass is 10.2. The zero-order valence-corrected chi connectivity index (χ0v) is 24.8. The Labute approximate surface area is 249 Å². The van der Waals surface area contributed by atoms with Crippen molar-refractivity contribution in [2.75, 3.05) is 6.54 Å². The molecule has 236 valence electrons. The third-order valence-electron chi connectivity index (χ3n) is 7.15. The molecule has 1 aliphatic heterocycles. The molecule has 0 saturated carbocycles. The Morgan fingerprint density at radius 3 is 2.55 bits per heavy atom. The minimum atomic E-state index is -4.60. The molecule has 0 spiro atoms. The third kappa shape index (κ3) is 6.33. The largest absolute Gasteiger partial charge is 0.443 e. The van der Waals surface area contributed by atoms with Gasteiger partial charge in [-0.05, 0) is 57.9 Å². The molecule has 0 aliphatic carbocycles. The van der Waals surface area contributed by atoms with Gasteiger partial charge in [0.05, 0.1) is 10.9 Å². The average molecular weight is 639 g/mol. The van der Waals surface area contributed by atoms with Gasteiger partial charge in [-0.3, -0.25) is 18.7 Å². The van der Waals surface area contributed by atoms with Gasteiger partial charge < -0.3 is 9.73 Å². The Balaban J connectivity index is 1.64. The van der Waals surface area contributed by atoms with Crippen LogP contribution in [0.15, 0.2) is 79.9 Å². The molecule has 0 bridgehead atoms. The Hall–Kier alpha value is -4.24. The zero-order valence-electron chi connectivity index (χ0n) is 24.0. The number of carbonyl (C=O) groups excluding carboxylic acids is 1. The first-order valence-corrected chi connectivity index (χ1v) is 14.9. The fourth-order valence-electron chi connectivity index (χ4n) is 4.77. The van der Waals surface area contributed by atoms with Crippen LogP contribution in [0.1, 0.15) is 45.2 Å². The summed E-state index contributed by atoms with van der Waals surface area (Å²) in [5.74, 6) is -1.40. The molecule has 10 nitrogen and oxygen atoms in total. The van der Waals surface area contributed by atoms with Gasteiger partial charge in [-0.1, -0.05) is 18.7 Å². The van der Waals surface area contributed by atoms with E-state index in [0.717, 1.165) is 56.9 Å². The number of halogens is 4. The Bertz CT molecular complexity index is 1900. The van der Waals surface area contributed by atoms with E-state index in [4.69, 9.17) is 4.42 Å². The number of allylic oxidation sites excluding steroid dienone is 5. The number of aromatic nitrogens is 2. The van der Waals surface area contributed by atoms with Crippen molar-refractivity contribution in [3.05, 3.63) is 93.1 Å². The number of amides is 1. The topological polar surface area (TPSA) is 124 Å². The first-order chi connectivity index (χ1) is 20.6. The maximum Gasteiger partial charge on any atom is 0.412 e. The van der Waals surface area contributed by atoms with Gasteiger partial charge in [-0.15, -0.1) is 0 Å². The summed E-state index contributed by atoms with van der Waals surface area (Å²) in [5, 5.41) is 1.99. The van der Waals surface area contributed by atoms with Crippen molar-refractivity contribution in [3.63, 3.8) is 0 Å². The van der Waals surface area contributed by atoms with E-state index >= 15 is 0 Å². The Morgan fingerprint density at radius 1 is 1.23 bits per heavy atom. The fraction of sp³-hybridized carbons (Fsp3) is 0.345. The Morgan fingerprint density at radius 2 is 1.93 bits per heavy atom. The van der Waals surface area contributed by atoms with Crippen LogP contribution in [0, 0.1) is 5.82 Å². The molecular formula is C29H30F4N4O6S. The number of furan rings is 1. The van der Waals surface area contributed by atoms with Crippen molar-refractivity contribution in [1.82, 2.24) is 18.8 Å². The van der Waals surface area contributed by atoms with Crippen LogP contribution in [0.2, 0.25) is 0 Å². The molecule has 3 aromatic rings. The molecule has 4 rings (SSSR count). The summed E-state index contributed by atoms with van der Waals surface area (Å²) in [6.45, 7) is 7.10. The highest BCUT2D eigenvalue weighted by atomic mass is 32.2. The molecule has 0 radical (unpaired) electrons. The molecule has 1 aliphatic rings. The molecule has 15 heteroatoms. The lowest BCUT2D eigenvalue weighted by Gasteiger charge is -2.22. The van der Waals surface area contributed by atoms with Crippen molar-refractivity contribution in [2.24, 2.45) is 0 Å². The summed E-state index contributed by atoms with van der Waals surface area (Å²) in [4.78, 5) is 39.6. The first-order valence-electron chi connectivity index (χ1n) is 13.5. The predicted octanol–water partition coefficient (Wildman–Crippen LogP) is 4.48.